The van der Waals surface area contributed by atoms with Crippen LogP contribution in [-0.4, -0.2) is 177 Å². The Kier molecular flexibility index (Phi) is 20.2. The molecule has 28 heteroatoms. The summed E-state index contributed by atoms with van der Waals surface area (Å²) in [4.78, 5) is 73.7. The van der Waals surface area contributed by atoms with E-state index in [2.05, 4.69) is 152 Å². The van der Waals surface area contributed by atoms with Crippen LogP contribution in [-0.2, 0) is 13.1 Å². The number of benzene rings is 3. The van der Waals surface area contributed by atoms with Gasteiger partial charge >= 0.3 is 0 Å². The van der Waals surface area contributed by atoms with Crippen molar-refractivity contribution in [2.75, 3.05) is 44.2 Å². The molecule has 17 heterocycles. The highest BCUT2D eigenvalue weighted by Gasteiger charge is 2.26. The first kappa shape index (κ1) is 73.8. The zero-order chi connectivity index (χ0) is 79.1. The molecule has 18 aromatic rings. The molecule has 0 aliphatic carbocycles. The number of halogens is 3. The Labute approximate surface area is 663 Å². The third-order valence-corrected chi connectivity index (χ3v) is 21.5. The lowest BCUT2D eigenvalue weighted by Gasteiger charge is -2.38. The van der Waals surface area contributed by atoms with Crippen molar-refractivity contribution in [2.24, 2.45) is 0 Å². The Morgan fingerprint density at radius 1 is 0.388 bits per heavy atom. The molecule has 0 unspecified atom stereocenters. The molecule has 0 atom stereocenters. The van der Waals surface area contributed by atoms with Gasteiger partial charge in [0, 0.05) is 188 Å². The highest BCUT2D eigenvalue weighted by atomic mass is 19.1. The fourth-order valence-corrected chi connectivity index (χ4v) is 15.7. The number of fused-ring (bicyclic) bond motifs is 6. The minimum atomic E-state index is -0.281. The van der Waals surface area contributed by atoms with Crippen LogP contribution in [0.1, 0.15) is 65.5 Å². The van der Waals surface area contributed by atoms with Gasteiger partial charge in [0.1, 0.15) is 34.5 Å². The van der Waals surface area contributed by atoms with E-state index in [1.165, 1.54) is 12.8 Å². The number of rotatable bonds is 17. The molecule has 25 nitrogen and oxygen atoms in total. The van der Waals surface area contributed by atoms with Crippen LogP contribution in [0.4, 0.5) is 18.9 Å². The van der Waals surface area contributed by atoms with Crippen molar-refractivity contribution in [1.82, 2.24) is 120 Å². The Balaban J connectivity index is 0.000000120. The quantitative estimate of drug-likeness (QED) is 0.0493. The second-order valence-corrected chi connectivity index (χ2v) is 30.2. The molecule has 3 aromatic carbocycles. The summed E-state index contributed by atoms with van der Waals surface area (Å²) in [7, 11) is 0. The van der Waals surface area contributed by atoms with E-state index in [0.717, 1.165) is 185 Å². The Bertz CT molecular complexity index is 6570. The third-order valence-electron chi connectivity index (χ3n) is 21.5. The topological polar surface area (TPSA) is 301 Å². The van der Waals surface area contributed by atoms with Gasteiger partial charge in [-0.1, -0.05) is 18.2 Å². The van der Waals surface area contributed by atoms with Crippen LogP contribution in [0.2, 0.25) is 0 Å². The largest absolute Gasteiger partial charge is 0.369 e. The van der Waals surface area contributed by atoms with Crippen molar-refractivity contribution in [2.45, 2.75) is 85.6 Å². The van der Waals surface area contributed by atoms with Gasteiger partial charge in [-0.25, -0.2) is 43.1 Å². The first-order chi connectivity index (χ1) is 56.6. The summed E-state index contributed by atoms with van der Waals surface area (Å²) in [5.41, 5.74) is 21.3. The van der Waals surface area contributed by atoms with Gasteiger partial charge in [-0.3, -0.25) is 59.9 Å². The Hall–Kier alpha value is -13.7. The summed E-state index contributed by atoms with van der Waals surface area (Å²) in [5, 5.41) is 24.9. The molecular formula is C88H80F3N25. The van der Waals surface area contributed by atoms with Crippen molar-refractivity contribution < 1.29 is 13.2 Å². The third kappa shape index (κ3) is 15.2. The van der Waals surface area contributed by atoms with E-state index in [1.54, 1.807) is 129 Å². The maximum absolute atomic E-state index is 14.9. The predicted octanol–water partition coefficient (Wildman–Crippen LogP) is 17.0. The normalized spacial score (nSPS) is 13.6. The molecular weight excluding hydrogens is 1460 g/mol. The number of aromatic nitrogens is 21. The van der Waals surface area contributed by atoms with E-state index in [1.807, 2.05) is 72.8 Å². The van der Waals surface area contributed by atoms with E-state index in [-0.39, 0.29) is 17.5 Å². The highest BCUT2D eigenvalue weighted by Crippen LogP contribution is 2.39. The number of imidazole rings is 3. The SMILES string of the molecule is CC(C)N(Cc1cc(F)cc(-c2cncc3[nH]c(-c4[nH]nc5ncc(-c6cccnc6)cc45)nc23)c1)C(C)C.CC(C)N1CCN(c2cc(F)cc(-c3cncc4[nH]c(-c5[nH]nc6ncc(-c7cccnc7)cc56)nc34)c2)CC1.Fc1cc(CN2CCCC2)cc(-c2cncc3[nH]c(-c4[nH]nc5ncc(-c6cccnc6)cc45)nc23)c1. The predicted molar refractivity (Wildman–Crippen MR) is 445 cm³/mol. The van der Waals surface area contributed by atoms with Crippen molar-refractivity contribution in [1.29, 1.82) is 0 Å². The molecule has 2 fully saturated rings. The summed E-state index contributed by atoms with van der Waals surface area (Å²) in [6.07, 6.45) is 28.8. The number of H-pyrrole nitrogens is 6. The van der Waals surface area contributed by atoms with Gasteiger partial charge in [0.25, 0.3) is 0 Å². The van der Waals surface area contributed by atoms with Crippen LogP contribution >= 0.6 is 0 Å². The molecule has 2 saturated heterocycles. The molecule has 0 spiro atoms. The van der Waals surface area contributed by atoms with E-state index >= 15 is 0 Å². The number of anilines is 1. The molecule has 6 N–H and O–H groups in total. The summed E-state index contributed by atoms with van der Waals surface area (Å²) in [6.45, 7) is 20.2. The molecule has 116 heavy (non-hydrogen) atoms. The fraction of sp³-hybridized carbons (Fsp3) is 0.216. The van der Waals surface area contributed by atoms with Gasteiger partial charge in [-0.05, 0) is 186 Å². The fourth-order valence-electron chi connectivity index (χ4n) is 15.7. The number of aromatic amines is 6. The molecule has 0 radical (unpaired) electrons. The van der Waals surface area contributed by atoms with Crippen molar-refractivity contribution in [3.63, 3.8) is 0 Å². The Morgan fingerprint density at radius 2 is 0.784 bits per heavy atom. The second kappa shape index (κ2) is 31.7. The van der Waals surface area contributed by atoms with Crippen LogP contribution in [0.25, 0.3) is 168 Å². The number of hydrogen-bond acceptors (Lipinski definition) is 19. The summed E-state index contributed by atoms with van der Waals surface area (Å²) < 4.78 is 44.5. The monoisotopic (exact) mass is 1540 g/mol. The second-order valence-electron chi connectivity index (χ2n) is 30.2. The minimum Gasteiger partial charge on any atom is -0.369 e. The van der Waals surface area contributed by atoms with Crippen molar-refractivity contribution in [3.05, 3.63) is 231 Å². The summed E-state index contributed by atoms with van der Waals surface area (Å²) >= 11 is 0. The number of nitrogens with zero attached hydrogens (tertiary/aromatic N) is 19. The lowest BCUT2D eigenvalue weighted by Crippen LogP contribution is -2.48. The maximum atomic E-state index is 14.9. The summed E-state index contributed by atoms with van der Waals surface area (Å²) in [6, 6.07) is 34.5. The molecule has 578 valence electrons. The number of piperazine rings is 1. The highest BCUT2D eigenvalue weighted by molar-refractivity contribution is 6.00. The van der Waals surface area contributed by atoms with E-state index < -0.39 is 0 Å². The van der Waals surface area contributed by atoms with Crippen molar-refractivity contribution in [3.8, 4) is 101 Å². The number of hydrogen-bond donors (Lipinski definition) is 6. The molecule has 0 saturated carbocycles. The van der Waals surface area contributed by atoms with Crippen molar-refractivity contribution >= 4 is 71.9 Å². The van der Waals surface area contributed by atoms with Crippen LogP contribution in [0.5, 0.6) is 0 Å². The zero-order valence-electron chi connectivity index (χ0n) is 64.5. The number of likely N-dealkylation sites (tertiary alicyclic amines) is 1. The maximum Gasteiger partial charge on any atom is 0.181 e. The first-order valence-corrected chi connectivity index (χ1v) is 38.8. The molecule has 2 aliphatic heterocycles. The van der Waals surface area contributed by atoms with Crippen LogP contribution < -0.4 is 4.90 Å². The van der Waals surface area contributed by atoms with E-state index in [9.17, 15) is 13.2 Å². The standard InChI is InChI=1S/C30H28FN9.C30H29FN8.C28H23FN8/c1-18(2)39-6-8-40(9-7-39)23-11-20(10-22(31)13-23)25-16-33-17-26-27(25)36-30(35-26)28-24-12-21(15-34-29(24)38-37-28)19-4-3-5-32-14-19;1-17(2)39(18(3)4)16-19-8-21(10-23(31)9-19)25-14-33-15-26-27(25)36-30(35-26)28-24-11-22(13-34-29(24)38-37-28)20-6-5-7-32-12-20;29-21-9-17(16-37-6-1-2-7-37)8-19(10-21)23-14-31-15-24-25(23)34-28(33-24)26-22-11-20(13-32-27(22)36-35-26)18-4-3-5-30-12-18/h3-5,10-18H,6-9H2,1-2H3,(H,35,36)(H,34,37,38);5-15,17-18H,16H2,1-4H3,(H,35,36)(H,34,37,38);3-5,8-15H,1-2,6-7,16H2,(H,33,34)(H,32,35,36). The van der Waals surface area contributed by atoms with Gasteiger partial charge in [0.15, 0.2) is 34.4 Å². The molecule has 0 bridgehead atoms. The summed E-state index contributed by atoms with van der Waals surface area (Å²) in [5.74, 6) is 1.02. The van der Waals surface area contributed by atoms with Gasteiger partial charge in [0.05, 0.1) is 67.8 Å². The van der Waals surface area contributed by atoms with E-state index in [0.29, 0.717) is 70.1 Å². The number of pyridine rings is 9. The lowest BCUT2D eigenvalue weighted by molar-refractivity contribution is 0.166. The molecule has 20 rings (SSSR count). The molecule has 2 aliphatic rings. The first-order valence-electron chi connectivity index (χ1n) is 38.8. The molecule has 0 amide bonds. The average Bonchev–Trinajstić information content (AvgIpc) is 1.62. The smallest absolute Gasteiger partial charge is 0.181 e. The molecule has 15 aromatic heterocycles. The van der Waals surface area contributed by atoms with Crippen LogP contribution in [0, 0.1) is 17.5 Å². The zero-order valence-corrected chi connectivity index (χ0v) is 64.5. The Morgan fingerprint density at radius 3 is 1.18 bits per heavy atom. The van der Waals surface area contributed by atoms with Gasteiger partial charge in [-0.2, -0.15) is 15.3 Å². The number of nitrogens with one attached hydrogen (secondary N) is 6. The lowest BCUT2D eigenvalue weighted by atomic mass is 10.0. The average molecular weight is 1540 g/mol. The van der Waals surface area contributed by atoms with Crippen LogP contribution in [0.15, 0.2) is 202 Å². The minimum absolute atomic E-state index is 0.256. The van der Waals surface area contributed by atoms with Gasteiger partial charge < -0.3 is 19.9 Å². The van der Waals surface area contributed by atoms with Gasteiger partial charge in [-0.15, -0.1) is 0 Å². The van der Waals surface area contributed by atoms with E-state index in [4.69, 9.17) is 15.0 Å². The van der Waals surface area contributed by atoms with Crippen LogP contribution in [0.3, 0.4) is 0 Å². The van der Waals surface area contributed by atoms with Gasteiger partial charge in [0.2, 0.25) is 0 Å².